The van der Waals surface area contributed by atoms with Crippen molar-refractivity contribution in [2.24, 2.45) is 11.3 Å². The lowest BCUT2D eigenvalue weighted by Crippen LogP contribution is -2.23. The summed E-state index contributed by atoms with van der Waals surface area (Å²) in [6.07, 6.45) is 7.23. The molecule has 10 heavy (non-hydrogen) atoms. The van der Waals surface area contributed by atoms with Gasteiger partial charge < -0.3 is 0 Å². The molecule has 0 nitrogen and oxygen atoms in total. The summed E-state index contributed by atoms with van der Waals surface area (Å²) in [5, 5.41) is 0. The van der Waals surface area contributed by atoms with Crippen molar-refractivity contribution >= 4 is 0 Å². The molecule has 0 bridgehead atoms. The molecule has 0 unspecified atom stereocenters. The van der Waals surface area contributed by atoms with E-state index in [-0.39, 0.29) is 0 Å². The fourth-order valence-electron chi connectivity index (χ4n) is 2.24. The summed E-state index contributed by atoms with van der Waals surface area (Å²) >= 11 is 0. The minimum Gasteiger partial charge on any atom is -0.0649 e. The number of hydrogen-bond acceptors (Lipinski definition) is 0. The minimum absolute atomic E-state index is 0.692. The maximum absolute atomic E-state index is 2.45. The van der Waals surface area contributed by atoms with E-state index in [1.807, 2.05) is 0 Å². The van der Waals surface area contributed by atoms with E-state index in [4.69, 9.17) is 0 Å². The Labute approximate surface area is 65.0 Å². The second kappa shape index (κ2) is 2.94. The predicted octanol–water partition coefficient (Wildman–Crippen LogP) is 3.61. The SMILES string of the molecule is CC[C@]1(C)CCC[C@@H](C)C1. The topological polar surface area (TPSA) is 0 Å². The van der Waals surface area contributed by atoms with E-state index < -0.39 is 0 Å². The van der Waals surface area contributed by atoms with Gasteiger partial charge in [0.2, 0.25) is 0 Å². The molecule has 1 rings (SSSR count). The first kappa shape index (κ1) is 8.10. The van der Waals surface area contributed by atoms with E-state index in [0.29, 0.717) is 5.41 Å². The van der Waals surface area contributed by atoms with Crippen molar-refractivity contribution in [3.05, 3.63) is 0 Å². The first-order valence-electron chi connectivity index (χ1n) is 4.66. The van der Waals surface area contributed by atoms with Crippen LogP contribution in [-0.2, 0) is 0 Å². The normalized spacial score (nSPS) is 41.7. The molecule has 1 aliphatic rings. The zero-order chi connectivity index (χ0) is 7.61. The summed E-state index contributed by atoms with van der Waals surface area (Å²) < 4.78 is 0. The van der Waals surface area contributed by atoms with Crippen LogP contribution in [0.5, 0.6) is 0 Å². The van der Waals surface area contributed by atoms with Gasteiger partial charge in [-0.1, -0.05) is 40.0 Å². The molecule has 2 atom stereocenters. The van der Waals surface area contributed by atoms with Gasteiger partial charge in [0.1, 0.15) is 0 Å². The van der Waals surface area contributed by atoms with Crippen LogP contribution in [0.15, 0.2) is 0 Å². The van der Waals surface area contributed by atoms with Gasteiger partial charge in [-0.15, -0.1) is 0 Å². The van der Waals surface area contributed by atoms with Crippen LogP contribution < -0.4 is 0 Å². The van der Waals surface area contributed by atoms with Gasteiger partial charge in [0.25, 0.3) is 0 Å². The molecule has 1 aliphatic carbocycles. The first-order chi connectivity index (χ1) is 4.66. The summed E-state index contributed by atoms with van der Waals surface area (Å²) in [4.78, 5) is 0. The van der Waals surface area contributed by atoms with E-state index in [1.54, 1.807) is 0 Å². The lowest BCUT2D eigenvalue weighted by molar-refractivity contribution is 0.162. The maximum Gasteiger partial charge on any atom is -0.0326 e. The Morgan fingerprint density at radius 2 is 2.20 bits per heavy atom. The summed E-state index contributed by atoms with van der Waals surface area (Å²) in [6.45, 7) is 7.17. The van der Waals surface area contributed by atoms with Crippen molar-refractivity contribution in [3.63, 3.8) is 0 Å². The zero-order valence-corrected chi connectivity index (χ0v) is 7.61. The summed E-state index contributed by atoms with van der Waals surface area (Å²) in [7, 11) is 0. The Hall–Kier alpha value is 0. The second-order valence-corrected chi connectivity index (χ2v) is 4.37. The smallest absolute Gasteiger partial charge is 0.0326 e. The molecule has 0 aromatic heterocycles. The van der Waals surface area contributed by atoms with Crippen molar-refractivity contribution in [1.29, 1.82) is 0 Å². The molecule has 0 aromatic rings. The molecule has 0 amide bonds. The zero-order valence-electron chi connectivity index (χ0n) is 7.61. The third-order valence-electron chi connectivity index (χ3n) is 3.17. The maximum atomic E-state index is 2.45. The van der Waals surface area contributed by atoms with Crippen molar-refractivity contribution in [2.75, 3.05) is 0 Å². The van der Waals surface area contributed by atoms with Gasteiger partial charge in [-0.3, -0.25) is 0 Å². The van der Waals surface area contributed by atoms with Crippen molar-refractivity contribution < 1.29 is 0 Å². The average molecular weight is 140 g/mol. The molecule has 0 heteroatoms. The Kier molecular flexibility index (Phi) is 2.38. The average Bonchev–Trinajstić information content (AvgIpc) is 1.88. The molecule has 0 heterocycles. The minimum atomic E-state index is 0.692. The molecule has 0 aromatic carbocycles. The van der Waals surface area contributed by atoms with Crippen LogP contribution in [-0.4, -0.2) is 0 Å². The lowest BCUT2D eigenvalue weighted by Gasteiger charge is -2.36. The van der Waals surface area contributed by atoms with Gasteiger partial charge in [-0.25, -0.2) is 0 Å². The van der Waals surface area contributed by atoms with Crippen LogP contribution in [0, 0.1) is 11.3 Å². The monoisotopic (exact) mass is 140 g/mol. The van der Waals surface area contributed by atoms with Gasteiger partial charge >= 0.3 is 0 Å². The van der Waals surface area contributed by atoms with E-state index in [9.17, 15) is 0 Å². The van der Waals surface area contributed by atoms with Crippen molar-refractivity contribution in [3.8, 4) is 0 Å². The molecule has 1 fully saturated rings. The Balaban J connectivity index is 2.45. The van der Waals surface area contributed by atoms with Gasteiger partial charge in [0.05, 0.1) is 0 Å². The first-order valence-corrected chi connectivity index (χ1v) is 4.66. The van der Waals surface area contributed by atoms with Gasteiger partial charge in [-0.05, 0) is 24.2 Å². The summed E-state index contributed by atoms with van der Waals surface area (Å²) in [5.74, 6) is 0.985. The Bertz CT molecular complexity index is 107. The standard InChI is InChI=1S/C10H20/c1-4-10(3)7-5-6-9(2)8-10/h9H,4-8H2,1-3H3/t9-,10-/m1/s1. The highest BCUT2D eigenvalue weighted by atomic mass is 14.3. The second-order valence-electron chi connectivity index (χ2n) is 4.37. The Morgan fingerprint density at radius 3 is 2.60 bits per heavy atom. The predicted molar refractivity (Wildman–Crippen MR) is 46.0 cm³/mol. The Morgan fingerprint density at radius 1 is 1.50 bits per heavy atom. The van der Waals surface area contributed by atoms with E-state index >= 15 is 0 Å². The van der Waals surface area contributed by atoms with Crippen LogP contribution in [0.3, 0.4) is 0 Å². The summed E-state index contributed by atoms with van der Waals surface area (Å²) in [6, 6.07) is 0. The molecule has 0 radical (unpaired) electrons. The number of rotatable bonds is 1. The van der Waals surface area contributed by atoms with Gasteiger partial charge in [0.15, 0.2) is 0 Å². The molecular weight excluding hydrogens is 120 g/mol. The van der Waals surface area contributed by atoms with E-state index in [1.165, 1.54) is 32.1 Å². The van der Waals surface area contributed by atoms with Gasteiger partial charge in [0, 0.05) is 0 Å². The van der Waals surface area contributed by atoms with Crippen molar-refractivity contribution in [2.45, 2.75) is 52.9 Å². The van der Waals surface area contributed by atoms with Crippen LogP contribution in [0.2, 0.25) is 0 Å². The molecule has 0 spiro atoms. The highest BCUT2D eigenvalue weighted by Gasteiger charge is 2.27. The molecule has 0 N–H and O–H groups in total. The van der Waals surface area contributed by atoms with Crippen LogP contribution in [0.4, 0.5) is 0 Å². The third-order valence-corrected chi connectivity index (χ3v) is 3.17. The lowest BCUT2D eigenvalue weighted by atomic mass is 9.70. The highest BCUT2D eigenvalue weighted by molar-refractivity contribution is 4.79. The van der Waals surface area contributed by atoms with E-state index in [2.05, 4.69) is 20.8 Å². The third kappa shape index (κ3) is 1.74. The summed E-state index contributed by atoms with van der Waals surface area (Å²) in [5.41, 5.74) is 0.692. The fourth-order valence-corrected chi connectivity index (χ4v) is 2.24. The van der Waals surface area contributed by atoms with Gasteiger partial charge in [-0.2, -0.15) is 0 Å². The van der Waals surface area contributed by atoms with Crippen LogP contribution in [0.1, 0.15) is 52.9 Å². The molecule has 0 saturated heterocycles. The van der Waals surface area contributed by atoms with Crippen LogP contribution in [0.25, 0.3) is 0 Å². The largest absolute Gasteiger partial charge is 0.0649 e. The van der Waals surface area contributed by atoms with Crippen LogP contribution >= 0.6 is 0 Å². The molecule has 1 saturated carbocycles. The van der Waals surface area contributed by atoms with Crippen molar-refractivity contribution in [1.82, 2.24) is 0 Å². The molecular formula is C10H20. The molecule has 60 valence electrons. The fraction of sp³-hybridized carbons (Fsp3) is 1.00. The highest BCUT2D eigenvalue weighted by Crippen LogP contribution is 2.40. The molecule has 0 aliphatic heterocycles. The quantitative estimate of drug-likeness (QED) is 0.522. The van der Waals surface area contributed by atoms with E-state index in [0.717, 1.165) is 5.92 Å². The number of hydrogen-bond donors (Lipinski definition) is 0.